The Kier molecular flexibility index (Phi) is 4.62. The van der Waals surface area contributed by atoms with Gasteiger partial charge < -0.3 is 20.4 Å². The van der Waals surface area contributed by atoms with Gasteiger partial charge in [-0.05, 0) is 29.2 Å². The first-order valence-corrected chi connectivity index (χ1v) is 9.90. The lowest BCUT2D eigenvalue weighted by molar-refractivity contribution is -0.118. The number of nitrogens with one attached hydrogen (secondary N) is 3. The maximum atomic E-state index is 12.5. The van der Waals surface area contributed by atoms with E-state index in [2.05, 4.69) is 41.4 Å². The van der Waals surface area contributed by atoms with Gasteiger partial charge in [0.25, 0.3) is 17.4 Å². The molecule has 0 aliphatic carbocycles. The summed E-state index contributed by atoms with van der Waals surface area (Å²) in [6.07, 6.45) is 0. The number of ether oxygens (including phenoxy) is 1. The Morgan fingerprint density at radius 1 is 1.28 bits per heavy atom. The fourth-order valence-corrected chi connectivity index (χ4v) is 4.00. The van der Waals surface area contributed by atoms with E-state index in [0.717, 1.165) is 10.4 Å². The number of aromatic amines is 1. The summed E-state index contributed by atoms with van der Waals surface area (Å²) >= 11 is 1.41. The molecule has 0 saturated carbocycles. The number of carbonyl (C=O) groups excluding carboxylic acids is 2. The normalized spacial score (nSPS) is 13.6. The number of H-pyrrole nitrogens is 1. The number of rotatable bonds is 3. The minimum atomic E-state index is -0.479. The Hall–Kier alpha value is -3.20. The van der Waals surface area contributed by atoms with Crippen LogP contribution in [0, 0.1) is 0 Å². The van der Waals surface area contributed by atoms with Gasteiger partial charge in [-0.25, -0.2) is 4.98 Å². The summed E-state index contributed by atoms with van der Waals surface area (Å²) in [5.74, 6) is -0.144. The average Bonchev–Trinajstić information content (AvgIpc) is 3.11. The molecule has 29 heavy (non-hydrogen) atoms. The van der Waals surface area contributed by atoms with Crippen LogP contribution in [0.5, 0.6) is 5.75 Å². The number of hydrogen-bond acceptors (Lipinski definition) is 6. The highest BCUT2D eigenvalue weighted by Crippen LogP contribution is 2.32. The summed E-state index contributed by atoms with van der Waals surface area (Å²) in [6.45, 7) is 6.38. The molecule has 0 fully saturated rings. The molecular weight excluding hydrogens is 392 g/mol. The molecule has 1 aromatic carbocycles. The molecule has 3 N–H and O–H groups in total. The Bertz CT molecular complexity index is 1190. The summed E-state index contributed by atoms with van der Waals surface area (Å²) < 4.78 is 5.32. The van der Waals surface area contributed by atoms with Gasteiger partial charge in [-0.15, -0.1) is 11.3 Å². The molecule has 3 heterocycles. The maximum absolute atomic E-state index is 12.5. The van der Waals surface area contributed by atoms with Crippen molar-refractivity contribution in [1.82, 2.24) is 15.3 Å². The molecule has 0 bridgehead atoms. The summed E-state index contributed by atoms with van der Waals surface area (Å²) in [5, 5.41) is 5.96. The first-order chi connectivity index (χ1) is 13.7. The molecule has 9 heteroatoms. The van der Waals surface area contributed by atoms with Crippen molar-refractivity contribution in [2.45, 2.75) is 32.7 Å². The Morgan fingerprint density at radius 2 is 2.07 bits per heavy atom. The second kappa shape index (κ2) is 7.00. The predicted octanol–water partition coefficient (Wildman–Crippen LogP) is 2.54. The predicted molar refractivity (Wildman–Crippen MR) is 111 cm³/mol. The van der Waals surface area contributed by atoms with Crippen molar-refractivity contribution in [2.24, 2.45) is 0 Å². The van der Waals surface area contributed by atoms with Crippen molar-refractivity contribution < 1.29 is 14.3 Å². The van der Waals surface area contributed by atoms with Gasteiger partial charge in [-0.3, -0.25) is 14.4 Å². The number of carbonyl (C=O) groups is 2. The molecule has 4 rings (SSSR count). The molecule has 0 saturated heterocycles. The van der Waals surface area contributed by atoms with Crippen LogP contribution in [0.4, 0.5) is 5.69 Å². The van der Waals surface area contributed by atoms with E-state index in [1.54, 1.807) is 18.2 Å². The lowest BCUT2D eigenvalue weighted by Gasteiger charge is -2.18. The second-order valence-electron chi connectivity index (χ2n) is 7.84. The van der Waals surface area contributed by atoms with Crippen LogP contribution < -0.4 is 20.9 Å². The van der Waals surface area contributed by atoms with Gasteiger partial charge >= 0.3 is 0 Å². The molecule has 0 atom stereocenters. The molecule has 1 aliphatic heterocycles. The van der Waals surface area contributed by atoms with Gasteiger partial charge in [0, 0.05) is 11.4 Å². The van der Waals surface area contributed by atoms with Crippen molar-refractivity contribution in [1.29, 1.82) is 0 Å². The number of hydrogen-bond donors (Lipinski definition) is 3. The minimum Gasteiger partial charge on any atom is -0.482 e. The first kappa shape index (κ1) is 19.1. The van der Waals surface area contributed by atoms with Gasteiger partial charge in [-0.1, -0.05) is 26.8 Å². The Morgan fingerprint density at radius 3 is 2.83 bits per heavy atom. The molecule has 0 radical (unpaired) electrons. The van der Waals surface area contributed by atoms with Crippen molar-refractivity contribution >= 4 is 39.1 Å². The number of thiophene rings is 1. The van der Waals surface area contributed by atoms with E-state index >= 15 is 0 Å². The van der Waals surface area contributed by atoms with Crippen molar-refractivity contribution in [3.63, 3.8) is 0 Å². The molecule has 2 amide bonds. The number of fused-ring (bicyclic) bond motifs is 2. The minimum absolute atomic E-state index is 0.00968. The van der Waals surface area contributed by atoms with Crippen molar-refractivity contribution in [3.05, 3.63) is 50.9 Å². The van der Waals surface area contributed by atoms with Crippen LogP contribution >= 0.6 is 11.3 Å². The third-order valence-electron chi connectivity index (χ3n) is 4.49. The molecule has 0 unspecified atom stereocenters. The van der Waals surface area contributed by atoms with E-state index in [-0.39, 0.29) is 35.9 Å². The zero-order valence-corrected chi connectivity index (χ0v) is 17.0. The second-order valence-corrected chi connectivity index (χ2v) is 8.87. The number of anilines is 1. The lowest BCUT2D eigenvalue weighted by Crippen LogP contribution is -2.28. The van der Waals surface area contributed by atoms with Crippen LogP contribution in [0.15, 0.2) is 29.1 Å². The first-order valence-electron chi connectivity index (χ1n) is 9.09. The highest BCUT2D eigenvalue weighted by Gasteiger charge is 2.20. The van der Waals surface area contributed by atoms with Crippen LogP contribution in [-0.2, 0) is 16.8 Å². The number of nitrogens with zero attached hydrogens (tertiary/aromatic N) is 1. The smallest absolute Gasteiger partial charge is 0.287 e. The van der Waals surface area contributed by atoms with E-state index in [4.69, 9.17) is 4.74 Å². The molecule has 1 aliphatic rings. The van der Waals surface area contributed by atoms with Gasteiger partial charge in [0.2, 0.25) is 5.82 Å². The van der Waals surface area contributed by atoms with Crippen molar-refractivity contribution in [2.75, 3.05) is 11.9 Å². The third-order valence-corrected chi connectivity index (χ3v) is 5.94. The summed E-state index contributed by atoms with van der Waals surface area (Å²) in [7, 11) is 0. The third kappa shape index (κ3) is 3.86. The van der Waals surface area contributed by atoms with Gasteiger partial charge in [0.1, 0.15) is 10.6 Å². The summed E-state index contributed by atoms with van der Waals surface area (Å²) in [4.78, 5) is 44.8. The van der Waals surface area contributed by atoms with Crippen LogP contribution in [0.1, 0.15) is 41.8 Å². The topological polar surface area (TPSA) is 113 Å². The van der Waals surface area contributed by atoms with Gasteiger partial charge in [-0.2, -0.15) is 0 Å². The largest absolute Gasteiger partial charge is 0.482 e. The Balaban J connectivity index is 1.53. The van der Waals surface area contributed by atoms with Gasteiger partial charge in [0.15, 0.2) is 6.61 Å². The van der Waals surface area contributed by atoms with E-state index in [1.165, 1.54) is 11.3 Å². The highest BCUT2D eigenvalue weighted by molar-refractivity contribution is 7.18. The lowest BCUT2D eigenvalue weighted by atomic mass is 9.94. The molecule has 150 valence electrons. The summed E-state index contributed by atoms with van der Waals surface area (Å²) in [6, 6.07) is 7.10. The zero-order valence-electron chi connectivity index (χ0n) is 16.2. The van der Waals surface area contributed by atoms with E-state index in [9.17, 15) is 14.4 Å². The van der Waals surface area contributed by atoms with E-state index < -0.39 is 5.91 Å². The molecule has 3 aromatic rings. The summed E-state index contributed by atoms with van der Waals surface area (Å²) in [5.41, 5.74) is 0.901. The van der Waals surface area contributed by atoms with Crippen LogP contribution in [0.3, 0.4) is 0 Å². The fourth-order valence-electron chi connectivity index (χ4n) is 2.91. The SMILES string of the molecule is CC(C)(C)c1cc2c(=O)[nH]c(C(=O)NCc3ccc4c(c3)NC(=O)CO4)nc2s1. The molecule has 8 nitrogen and oxygen atoms in total. The quantitative estimate of drug-likeness (QED) is 0.612. The molecule has 0 spiro atoms. The number of benzene rings is 1. The molecular formula is C20H20N4O4S. The number of amides is 2. The Labute approximate surface area is 170 Å². The molecule has 2 aromatic heterocycles. The number of aromatic nitrogens is 2. The standard InChI is InChI=1S/C20H20N4O4S/c1-20(2,3)14-7-11-17(26)23-16(24-19(11)29-14)18(27)21-8-10-4-5-13-12(6-10)22-15(25)9-28-13/h4-7H,8-9H2,1-3H3,(H,21,27)(H,22,25)(H,23,24,26). The monoisotopic (exact) mass is 412 g/mol. The average molecular weight is 412 g/mol. The van der Waals surface area contributed by atoms with E-state index in [1.807, 2.05) is 6.07 Å². The fraction of sp³-hybridized carbons (Fsp3) is 0.300. The van der Waals surface area contributed by atoms with Crippen LogP contribution in [0.25, 0.3) is 10.2 Å². The van der Waals surface area contributed by atoms with Crippen LogP contribution in [-0.4, -0.2) is 28.4 Å². The van der Waals surface area contributed by atoms with E-state index in [0.29, 0.717) is 21.7 Å². The zero-order chi connectivity index (χ0) is 20.8. The highest BCUT2D eigenvalue weighted by atomic mass is 32.1. The van der Waals surface area contributed by atoms with Crippen LogP contribution in [0.2, 0.25) is 0 Å². The van der Waals surface area contributed by atoms with Gasteiger partial charge in [0.05, 0.1) is 11.1 Å². The maximum Gasteiger partial charge on any atom is 0.287 e. The van der Waals surface area contributed by atoms with Crippen molar-refractivity contribution in [3.8, 4) is 5.75 Å².